The topological polar surface area (TPSA) is 96.7 Å². The van der Waals surface area contributed by atoms with Gasteiger partial charge in [0.05, 0.1) is 23.8 Å². The molecule has 0 saturated carbocycles. The van der Waals surface area contributed by atoms with Crippen molar-refractivity contribution in [3.05, 3.63) is 66.5 Å². The molecule has 0 radical (unpaired) electrons. The first-order valence-electron chi connectivity index (χ1n) is 8.59. The fourth-order valence-corrected chi connectivity index (χ4v) is 3.00. The molecule has 142 valence electrons. The molecule has 28 heavy (non-hydrogen) atoms. The molecule has 0 bridgehead atoms. The van der Waals surface area contributed by atoms with Crippen molar-refractivity contribution in [3.8, 4) is 22.7 Å². The lowest BCUT2D eigenvalue weighted by atomic mass is 10.1. The molecule has 0 fully saturated rings. The molecule has 0 saturated heterocycles. The van der Waals surface area contributed by atoms with Gasteiger partial charge in [-0.15, -0.1) is 5.10 Å². The maximum absolute atomic E-state index is 13.9. The quantitative estimate of drug-likeness (QED) is 0.573. The smallest absolute Gasteiger partial charge is 0.166 e. The van der Waals surface area contributed by atoms with Gasteiger partial charge in [0.2, 0.25) is 0 Å². The van der Waals surface area contributed by atoms with Crippen LogP contribution < -0.4 is 10.5 Å². The van der Waals surface area contributed by atoms with E-state index in [2.05, 4.69) is 20.4 Å². The molecule has 8 nitrogen and oxygen atoms in total. The van der Waals surface area contributed by atoms with Crippen LogP contribution in [0.25, 0.3) is 16.9 Å². The summed E-state index contributed by atoms with van der Waals surface area (Å²) in [6, 6.07) is 8.08. The van der Waals surface area contributed by atoms with Crippen molar-refractivity contribution in [3.63, 3.8) is 0 Å². The summed E-state index contributed by atoms with van der Waals surface area (Å²) in [7, 11) is 1.84. The zero-order chi connectivity index (χ0) is 19.7. The predicted octanol–water partition coefficient (Wildman–Crippen LogP) is 2.92. The highest BCUT2D eigenvalue weighted by atomic mass is 19.1. The van der Waals surface area contributed by atoms with Gasteiger partial charge in [0, 0.05) is 30.6 Å². The molecule has 0 aliphatic heterocycles. The van der Waals surface area contributed by atoms with E-state index >= 15 is 0 Å². The number of nitrogens with zero attached hydrogens (tertiary/aromatic N) is 6. The number of hydrogen-bond acceptors (Lipinski definition) is 6. The van der Waals surface area contributed by atoms with Crippen LogP contribution in [0.5, 0.6) is 5.75 Å². The third-order valence-corrected chi connectivity index (χ3v) is 4.40. The van der Waals surface area contributed by atoms with Crippen molar-refractivity contribution in [2.24, 2.45) is 7.05 Å². The molecular formula is C19H18FN7O. The number of benzene rings is 1. The molecule has 0 aliphatic rings. The average Bonchev–Trinajstić information content (AvgIpc) is 3.35. The minimum atomic E-state index is -0.513. The van der Waals surface area contributed by atoms with Gasteiger partial charge in [-0.3, -0.25) is 4.68 Å². The number of halogens is 1. The summed E-state index contributed by atoms with van der Waals surface area (Å²) >= 11 is 0. The second-order valence-electron chi connectivity index (χ2n) is 6.26. The molecule has 3 aromatic heterocycles. The lowest BCUT2D eigenvalue weighted by Gasteiger charge is -2.19. The summed E-state index contributed by atoms with van der Waals surface area (Å²) in [4.78, 5) is 4.22. The van der Waals surface area contributed by atoms with Crippen LogP contribution in [0.3, 0.4) is 0 Å². The van der Waals surface area contributed by atoms with E-state index in [4.69, 9.17) is 10.5 Å². The van der Waals surface area contributed by atoms with Crippen molar-refractivity contribution >= 4 is 5.82 Å². The Bertz CT molecular complexity index is 1110. The molecule has 2 N–H and O–H groups in total. The molecule has 1 atom stereocenters. The van der Waals surface area contributed by atoms with Crippen LogP contribution in [-0.2, 0) is 7.05 Å². The van der Waals surface area contributed by atoms with E-state index in [1.807, 2.05) is 20.0 Å². The second-order valence-corrected chi connectivity index (χ2v) is 6.26. The van der Waals surface area contributed by atoms with Gasteiger partial charge < -0.3 is 10.5 Å². The van der Waals surface area contributed by atoms with Gasteiger partial charge in [-0.25, -0.2) is 14.1 Å². The van der Waals surface area contributed by atoms with Crippen molar-refractivity contribution in [2.45, 2.75) is 13.0 Å². The Kier molecular flexibility index (Phi) is 4.48. The molecule has 0 spiro atoms. The number of aryl methyl sites for hydroxylation is 1. The Balaban J connectivity index is 1.69. The molecule has 1 aromatic carbocycles. The molecule has 9 heteroatoms. The number of hydrogen-bond donors (Lipinski definition) is 1. The predicted molar refractivity (Wildman–Crippen MR) is 101 cm³/mol. The summed E-state index contributed by atoms with van der Waals surface area (Å²) in [5.41, 5.74) is 8.97. The molecule has 3 heterocycles. The minimum absolute atomic E-state index is 0.247. The fraction of sp³-hybridized carbons (Fsp3) is 0.158. The van der Waals surface area contributed by atoms with Crippen molar-refractivity contribution < 1.29 is 9.13 Å². The summed E-state index contributed by atoms with van der Waals surface area (Å²) in [6.45, 7) is 1.81. The lowest BCUT2D eigenvalue weighted by Crippen LogP contribution is -2.11. The van der Waals surface area contributed by atoms with E-state index in [1.54, 1.807) is 46.3 Å². The first-order valence-corrected chi connectivity index (χ1v) is 8.59. The van der Waals surface area contributed by atoms with E-state index in [-0.39, 0.29) is 11.6 Å². The summed E-state index contributed by atoms with van der Waals surface area (Å²) in [5.74, 6) is 0.278. The van der Waals surface area contributed by atoms with Crippen LogP contribution >= 0.6 is 0 Å². The second kappa shape index (κ2) is 7.10. The Morgan fingerprint density at radius 1 is 1.18 bits per heavy atom. The van der Waals surface area contributed by atoms with E-state index < -0.39 is 6.10 Å². The van der Waals surface area contributed by atoms with Gasteiger partial charge in [-0.2, -0.15) is 5.10 Å². The van der Waals surface area contributed by atoms with Crippen molar-refractivity contribution in [1.29, 1.82) is 0 Å². The summed E-state index contributed by atoms with van der Waals surface area (Å²) < 4.78 is 23.3. The van der Waals surface area contributed by atoms with E-state index in [0.717, 1.165) is 11.3 Å². The number of anilines is 1. The third-order valence-electron chi connectivity index (χ3n) is 4.40. The first-order chi connectivity index (χ1) is 13.5. The average molecular weight is 379 g/mol. The minimum Gasteiger partial charge on any atom is -0.482 e. The zero-order valence-electron chi connectivity index (χ0n) is 15.3. The highest BCUT2D eigenvalue weighted by Gasteiger charge is 2.18. The van der Waals surface area contributed by atoms with Gasteiger partial charge >= 0.3 is 0 Å². The number of aromatic nitrogens is 6. The summed E-state index contributed by atoms with van der Waals surface area (Å²) in [6.07, 6.45) is 6.08. The third kappa shape index (κ3) is 3.29. The van der Waals surface area contributed by atoms with Crippen LogP contribution in [0.2, 0.25) is 0 Å². The van der Waals surface area contributed by atoms with Gasteiger partial charge in [-0.1, -0.05) is 5.21 Å². The lowest BCUT2D eigenvalue weighted by molar-refractivity contribution is 0.226. The van der Waals surface area contributed by atoms with Crippen LogP contribution in [0.4, 0.5) is 10.2 Å². The summed E-state index contributed by atoms with van der Waals surface area (Å²) in [5, 5.41) is 12.0. The highest BCUT2D eigenvalue weighted by molar-refractivity contribution is 5.64. The van der Waals surface area contributed by atoms with E-state index in [0.29, 0.717) is 17.0 Å². The number of ether oxygens (including phenoxy) is 1. The molecule has 0 aliphatic carbocycles. The fourth-order valence-electron chi connectivity index (χ4n) is 3.00. The molecule has 4 aromatic rings. The van der Waals surface area contributed by atoms with E-state index in [1.165, 1.54) is 12.1 Å². The number of nitrogens with two attached hydrogens (primary N) is 1. The Morgan fingerprint density at radius 2 is 2.04 bits per heavy atom. The van der Waals surface area contributed by atoms with Crippen molar-refractivity contribution in [2.75, 3.05) is 5.73 Å². The Hall–Kier alpha value is -3.75. The standard InChI is InChI=1S/C19H18FN7O/c1-12(15-10-14(20)3-4-17(15)27-8-7-23-25-27)28-18-9-13(11-22-19(18)21)16-5-6-24-26(16)2/h3-12H,1-2H3,(H2,21,22). The maximum atomic E-state index is 13.9. The van der Waals surface area contributed by atoms with Crippen LogP contribution in [-0.4, -0.2) is 29.8 Å². The van der Waals surface area contributed by atoms with Crippen molar-refractivity contribution in [1.82, 2.24) is 29.8 Å². The molecule has 0 amide bonds. The number of rotatable bonds is 5. The molecular weight excluding hydrogens is 361 g/mol. The largest absolute Gasteiger partial charge is 0.482 e. The zero-order valence-corrected chi connectivity index (χ0v) is 15.3. The van der Waals surface area contributed by atoms with Gasteiger partial charge in [-0.05, 0) is 37.3 Å². The highest BCUT2D eigenvalue weighted by Crippen LogP contribution is 2.32. The SMILES string of the molecule is CC(Oc1cc(-c2ccnn2C)cnc1N)c1cc(F)ccc1-n1ccnn1. The molecule has 1 unspecified atom stereocenters. The van der Waals surface area contributed by atoms with Gasteiger partial charge in [0.25, 0.3) is 0 Å². The number of pyridine rings is 1. The Morgan fingerprint density at radius 3 is 2.75 bits per heavy atom. The van der Waals surface area contributed by atoms with Gasteiger partial charge in [0.1, 0.15) is 11.9 Å². The van der Waals surface area contributed by atoms with Crippen LogP contribution in [0, 0.1) is 5.82 Å². The number of nitrogen functional groups attached to an aromatic ring is 1. The Labute approximate surface area is 160 Å². The van der Waals surface area contributed by atoms with Crippen LogP contribution in [0.15, 0.2) is 55.1 Å². The first kappa shape index (κ1) is 17.7. The normalized spacial score (nSPS) is 12.1. The monoisotopic (exact) mass is 379 g/mol. The maximum Gasteiger partial charge on any atom is 0.166 e. The van der Waals surface area contributed by atoms with Crippen LogP contribution in [0.1, 0.15) is 18.6 Å². The van der Waals surface area contributed by atoms with Gasteiger partial charge in [0.15, 0.2) is 11.6 Å². The molecule has 4 rings (SSSR count). The van der Waals surface area contributed by atoms with E-state index in [9.17, 15) is 4.39 Å².